The van der Waals surface area contributed by atoms with Crippen molar-refractivity contribution in [3.63, 3.8) is 0 Å². The van der Waals surface area contributed by atoms with Gasteiger partial charge < -0.3 is 4.42 Å². The molecule has 3 rings (SSSR count). The van der Waals surface area contributed by atoms with Crippen LogP contribution in [0.5, 0.6) is 0 Å². The Morgan fingerprint density at radius 2 is 1.93 bits per heavy atom. The minimum Gasteiger partial charge on any atom is -0.468 e. The molecule has 0 aliphatic heterocycles. The molecule has 0 aliphatic carbocycles. The van der Waals surface area contributed by atoms with Gasteiger partial charge in [0, 0.05) is 40.4 Å². The molecule has 28 heavy (non-hydrogen) atoms. The van der Waals surface area contributed by atoms with Gasteiger partial charge >= 0.3 is 0 Å². The maximum atomic E-state index is 11.5. The van der Waals surface area contributed by atoms with Crippen LogP contribution in [0.15, 0.2) is 34.9 Å². The second-order valence-corrected chi connectivity index (χ2v) is 10.9. The van der Waals surface area contributed by atoms with E-state index in [0.29, 0.717) is 13.1 Å². The van der Waals surface area contributed by atoms with E-state index in [1.807, 2.05) is 30.7 Å². The summed E-state index contributed by atoms with van der Waals surface area (Å²) >= 11 is 1.80. The Morgan fingerprint density at radius 1 is 1.14 bits per heavy atom. The molecule has 0 aromatic carbocycles. The van der Waals surface area contributed by atoms with Crippen molar-refractivity contribution in [1.29, 1.82) is 0 Å². The Balaban J connectivity index is 1.80. The lowest BCUT2D eigenvalue weighted by Gasteiger charge is -2.21. The van der Waals surface area contributed by atoms with E-state index < -0.39 is 9.84 Å². The number of aryl methyl sites for hydroxylation is 3. The molecule has 0 aliphatic rings. The Bertz CT molecular complexity index is 1020. The van der Waals surface area contributed by atoms with Crippen LogP contribution in [-0.4, -0.2) is 35.1 Å². The van der Waals surface area contributed by atoms with E-state index in [0.717, 1.165) is 35.8 Å². The van der Waals surface area contributed by atoms with Crippen LogP contribution in [0, 0.1) is 20.8 Å². The van der Waals surface area contributed by atoms with Crippen molar-refractivity contribution in [3.05, 3.63) is 63.0 Å². The maximum Gasteiger partial charge on any atom is 0.149 e. The quantitative estimate of drug-likeness (QED) is 0.527. The zero-order chi connectivity index (χ0) is 20.3. The minimum absolute atomic E-state index is 0.0962. The smallest absolute Gasteiger partial charge is 0.149 e. The average molecular weight is 422 g/mol. The van der Waals surface area contributed by atoms with E-state index in [-0.39, 0.29) is 5.75 Å². The van der Waals surface area contributed by atoms with Crippen molar-refractivity contribution < 1.29 is 12.8 Å². The van der Waals surface area contributed by atoms with E-state index in [1.165, 1.54) is 16.0 Å². The minimum atomic E-state index is -3.02. The van der Waals surface area contributed by atoms with Gasteiger partial charge in [0.2, 0.25) is 0 Å². The van der Waals surface area contributed by atoms with E-state index in [4.69, 9.17) is 4.42 Å². The summed E-state index contributed by atoms with van der Waals surface area (Å²) in [5.41, 5.74) is 3.11. The van der Waals surface area contributed by atoms with Gasteiger partial charge in [-0.25, -0.2) is 8.42 Å². The Kier molecular flexibility index (Phi) is 6.42. The van der Waals surface area contributed by atoms with Crippen molar-refractivity contribution >= 4 is 21.2 Å². The maximum absolute atomic E-state index is 11.5. The molecule has 6 nitrogen and oxygen atoms in total. The molecule has 0 bridgehead atoms. The van der Waals surface area contributed by atoms with Crippen molar-refractivity contribution in [2.24, 2.45) is 0 Å². The number of aromatic nitrogens is 2. The largest absolute Gasteiger partial charge is 0.468 e. The lowest BCUT2D eigenvalue weighted by atomic mass is 10.1. The molecule has 0 spiro atoms. The van der Waals surface area contributed by atoms with Crippen LogP contribution in [0.25, 0.3) is 0 Å². The summed E-state index contributed by atoms with van der Waals surface area (Å²) in [6.07, 6.45) is 2.95. The highest BCUT2D eigenvalue weighted by atomic mass is 32.2. The van der Waals surface area contributed by atoms with E-state index in [1.54, 1.807) is 17.6 Å². The topological polar surface area (TPSA) is 68.3 Å². The SMILES string of the molecule is Cc1ccc(CN(Cc2ccco2)Cc2c(C)nn(CCS(C)(=O)=O)c2C)s1. The number of thiophene rings is 1. The molecule has 0 atom stereocenters. The van der Waals surface area contributed by atoms with Gasteiger partial charge in [-0.2, -0.15) is 5.10 Å². The van der Waals surface area contributed by atoms with Gasteiger partial charge in [-0.3, -0.25) is 9.58 Å². The number of sulfone groups is 1. The highest BCUT2D eigenvalue weighted by molar-refractivity contribution is 7.90. The molecule has 0 saturated carbocycles. The fourth-order valence-corrected chi connectivity index (χ4v) is 4.67. The van der Waals surface area contributed by atoms with Crippen molar-refractivity contribution in [2.75, 3.05) is 12.0 Å². The summed E-state index contributed by atoms with van der Waals surface area (Å²) in [7, 11) is -3.02. The van der Waals surface area contributed by atoms with E-state index in [9.17, 15) is 8.42 Å². The highest BCUT2D eigenvalue weighted by Crippen LogP contribution is 2.22. The first-order valence-electron chi connectivity index (χ1n) is 9.22. The number of hydrogen-bond acceptors (Lipinski definition) is 6. The van der Waals surface area contributed by atoms with E-state index in [2.05, 4.69) is 29.1 Å². The van der Waals surface area contributed by atoms with Crippen LogP contribution in [0.1, 0.15) is 32.5 Å². The second-order valence-electron chi connectivity index (χ2n) is 7.24. The monoisotopic (exact) mass is 421 g/mol. The first kappa shape index (κ1) is 20.8. The highest BCUT2D eigenvalue weighted by Gasteiger charge is 2.18. The molecule has 0 amide bonds. The molecule has 3 aromatic heterocycles. The standard InChI is InChI=1S/C20H27N3O3S2/c1-15-7-8-19(27-15)13-22(12-18-6-5-10-26-18)14-20-16(2)21-23(17(20)3)9-11-28(4,24)25/h5-8,10H,9,11-14H2,1-4H3. The molecule has 152 valence electrons. The van der Waals surface area contributed by atoms with E-state index >= 15 is 0 Å². The normalized spacial score (nSPS) is 12.2. The first-order valence-corrected chi connectivity index (χ1v) is 12.1. The summed E-state index contributed by atoms with van der Waals surface area (Å²) < 4.78 is 30.4. The van der Waals surface area contributed by atoms with Crippen LogP contribution in [0.3, 0.4) is 0 Å². The number of rotatable bonds is 9. The van der Waals surface area contributed by atoms with Crippen molar-refractivity contribution in [1.82, 2.24) is 14.7 Å². The predicted molar refractivity (Wildman–Crippen MR) is 112 cm³/mol. The fraction of sp³-hybridized carbons (Fsp3) is 0.450. The Hall–Kier alpha value is -1.90. The molecule has 0 saturated heterocycles. The molecule has 8 heteroatoms. The van der Waals surface area contributed by atoms with Gasteiger partial charge in [0.15, 0.2) is 0 Å². The van der Waals surface area contributed by atoms with Gasteiger partial charge in [0.1, 0.15) is 15.6 Å². The summed E-state index contributed by atoms with van der Waals surface area (Å²) in [5.74, 6) is 1.02. The van der Waals surface area contributed by atoms with Crippen LogP contribution in [0.4, 0.5) is 0 Å². The van der Waals surface area contributed by atoms with Crippen molar-refractivity contribution in [2.45, 2.75) is 47.0 Å². The molecular weight excluding hydrogens is 394 g/mol. The molecular formula is C20H27N3O3S2. The van der Waals surface area contributed by atoms with Crippen LogP contribution in [0.2, 0.25) is 0 Å². The summed E-state index contributed by atoms with van der Waals surface area (Å²) in [4.78, 5) is 4.94. The third kappa shape index (κ3) is 5.56. The lowest BCUT2D eigenvalue weighted by Crippen LogP contribution is -2.22. The molecule has 0 unspecified atom stereocenters. The zero-order valence-electron chi connectivity index (χ0n) is 16.8. The Labute approximate surface area is 170 Å². The summed E-state index contributed by atoms with van der Waals surface area (Å²) in [5, 5.41) is 4.58. The number of hydrogen-bond donors (Lipinski definition) is 0. The molecule has 3 aromatic rings. The average Bonchev–Trinajstić information content (AvgIpc) is 3.31. The molecule has 0 N–H and O–H groups in total. The molecule has 0 radical (unpaired) electrons. The van der Waals surface area contributed by atoms with Gasteiger partial charge in [-0.15, -0.1) is 11.3 Å². The lowest BCUT2D eigenvalue weighted by molar-refractivity contribution is 0.228. The first-order chi connectivity index (χ1) is 13.2. The number of nitrogens with zero attached hydrogens (tertiary/aromatic N) is 3. The zero-order valence-corrected chi connectivity index (χ0v) is 18.4. The van der Waals surface area contributed by atoms with Crippen molar-refractivity contribution in [3.8, 4) is 0 Å². The third-order valence-electron chi connectivity index (χ3n) is 4.72. The van der Waals surface area contributed by atoms with Gasteiger partial charge in [0.25, 0.3) is 0 Å². The number of furan rings is 1. The summed E-state index contributed by atoms with van der Waals surface area (Å²) in [6, 6.07) is 8.21. The van der Waals surface area contributed by atoms with Crippen LogP contribution >= 0.6 is 11.3 Å². The Morgan fingerprint density at radius 3 is 2.54 bits per heavy atom. The van der Waals surface area contributed by atoms with Crippen LogP contribution < -0.4 is 0 Å². The van der Waals surface area contributed by atoms with Crippen LogP contribution in [-0.2, 0) is 36.0 Å². The third-order valence-corrected chi connectivity index (χ3v) is 6.63. The van der Waals surface area contributed by atoms with Gasteiger partial charge in [-0.1, -0.05) is 0 Å². The van der Waals surface area contributed by atoms with Gasteiger partial charge in [0.05, 0.1) is 30.8 Å². The molecule has 3 heterocycles. The van der Waals surface area contributed by atoms with Gasteiger partial charge in [-0.05, 0) is 45.0 Å². The fourth-order valence-electron chi connectivity index (χ4n) is 3.24. The predicted octanol–water partition coefficient (Wildman–Crippen LogP) is 3.71. The summed E-state index contributed by atoms with van der Waals surface area (Å²) in [6.45, 7) is 8.76. The second kappa shape index (κ2) is 8.63. The molecule has 0 fully saturated rings.